The van der Waals surface area contributed by atoms with E-state index >= 15 is 0 Å². The van der Waals surface area contributed by atoms with Crippen LogP contribution in [-0.4, -0.2) is 18.6 Å². The smallest absolute Gasteiger partial charge is 0.0302 e. The van der Waals surface area contributed by atoms with Crippen molar-refractivity contribution in [3.05, 3.63) is 32.7 Å². The molecule has 1 N–H and O–H groups in total. The SMILES string of the molecule is CSCCCNC(C)c1ccc(Br)cc1Br. The molecule has 1 aromatic carbocycles. The van der Waals surface area contributed by atoms with Crippen LogP contribution in [0.5, 0.6) is 0 Å². The Morgan fingerprint density at radius 2 is 2.12 bits per heavy atom. The predicted octanol–water partition coefficient (Wildman–Crippen LogP) is 4.62. The number of thioether (sulfide) groups is 1. The lowest BCUT2D eigenvalue weighted by atomic mass is 10.1. The quantitative estimate of drug-likeness (QED) is 0.737. The molecule has 0 saturated carbocycles. The summed E-state index contributed by atoms with van der Waals surface area (Å²) in [7, 11) is 0. The average molecular weight is 367 g/mol. The van der Waals surface area contributed by atoms with Crippen molar-refractivity contribution in [3.63, 3.8) is 0 Å². The van der Waals surface area contributed by atoms with Gasteiger partial charge in [-0.05, 0) is 49.6 Å². The van der Waals surface area contributed by atoms with Crippen molar-refractivity contribution < 1.29 is 0 Å². The lowest BCUT2D eigenvalue weighted by Crippen LogP contribution is -2.20. The van der Waals surface area contributed by atoms with Crippen LogP contribution in [0, 0.1) is 0 Å². The maximum absolute atomic E-state index is 3.60. The molecule has 0 aromatic heterocycles. The maximum atomic E-state index is 3.60. The Bertz CT molecular complexity index is 331. The average Bonchev–Trinajstić information content (AvgIpc) is 2.24. The van der Waals surface area contributed by atoms with Gasteiger partial charge in [0.05, 0.1) is 0 Å². The first-order valence-electron chi connectivity index (χ1n) is 5.32. The van der Waals surface area contributed by atoms with Crippen LogP contribution in [-0.2, 0) is 0 Å². The summed E-state index contributed by atoms with van der Waals surface area (Å²) < 4.78 is 2.27. The van der Waals surface area contributed by atoms with E-state index in [1.165, 1.54) is 17.7 Å². The molecule has 0 bridgehead atoms. The second-order valence-corrected chi connectivity index (χ2v) is 6.44. The van der Waals surface area contributed by atoms with Crippen LogP contribution in [0.4, 0.5) is 0 Å². The largest absolute Gasteiger partial charge is 0.310 e. The number of nitrogens with one attached hydrogen (secondary N) is 1. The first-order chi connectivity index (χ1) is 7.65. The topological polar surface area (TPSA) is 12.0 Å². The van der Waals surface area contributed by atoms with E-state index in [9.17, 15) is 0 Å². The van der Waals surface area contributed by atoms with Gasteiger partial charge in [0.15, 0.2) is 0 Å². The Morgan fingerprint density at radius 3 is 2.75 bits per heavy atom. The molecule has 90 valence electrons. The summed E-state index contributed by atoms with van der Waals surface area (Å²) in [5, 5.41) is 3.54. The van der Waals surface area contributed by atoms with E-state index in [2.05, 4.69) is 68.6 Å². The lowest BCUT2D eigenvalue weighted by molar-refractivity contribution is 0.571. The highest BCUT2D eigenvalue weighted by Crippen LogP contribution is 2.26. The molecule has 0 heterocycles. The van der Waals surface area contributed by atoms with Gasteiger partial charge in [-0.3, -0.25) is 0 Å². The summed E-state index contributed by atoms with van der Waals surface area (Å²) in [6.45, 7) is 3.28. The minimum Gasteiger partial charge on any atom is -0.310 e. The van der Waals surface area contributed by atoms with Crippen molar-refractivity contribution in [2.75, 3.05) is 18.6 Å². The third-order valence-electron chi connectivity index (χ3n) is 2.40. The Labute approximate surface area is 119 Å². The molecule has 0 aliphatic carbocycles. The molecule has 1 atom stereocenters. The van der Waals surface area contributed by atoms with Crippen LogP contribution < -0.4 is 5.32 Å². The van der Waals surface area contributed by atoms with Gasteiger partial charge in [-0.15, -0.1) is 0 Å². The van der Waals surface area contributed by atoms with Gasteiger partial charge in [0.1, 0.15) is 0 Å². The highest BCUT2D eigenvalue weighted by Gasteiger charge is 2.08. The third kappa shape index (κ3) is 4.78. The Balaban J connectivity index is 2.49. The Morgan fingerprint density at radius 1 is 1.38 bits per heavy atom. The van der Waals surface area contributed by atoms with Crippen molar-refractivity contribution in [2.45, 2.75) is 19.4 Å². The van der Waals surface area contributed by atoms with Crippen molar-refractivity contribution in [1.29, 1.82) is 0 Å². The highest BCUT2D eigenvalue weighted by atomic mass is 79.9. The number of hydrogen-bond acceptors (Lipinski definition) is 2. The first kappa shape index (κ1) is 14.6. The van der Waals surface area contributed by atoms with Crippen LogP contribution in [0.25, 0.3) is 0 Å². The lowest BCUT2D eigenvalue weighted by Gasteiger charge is -2.15. The van der Waals surface area contributed by atoms with E-state index in [1.807, 2.05) is 11.8 Å². The van der Waals surface area contributed by atoms with E-state index in [0.717, 1.165) is 15.5 Å². The van der Waals surface area contributed by atoms with Crippen LogP contribution in [0.2, 0.25) is 0 Å². The molecule has 0 fully saturated rings. The summed E-state index contributed by atoms with van der Waals surface area (Å²) in [4.78, 5) is 0. The summed E-state index contributed by atoms with van der Waals surface area (Å²) in [5.74, 6) is 1.22. The predicted molar refractivity (Wildman–Crippen MR) is 81.3 cm³/mol. The van der Waals surface area contributed by atoms with Crippen molar-refractivity contribution in [3.8, 4) is 0 Å². The fraction of sp³-hybridized carbons (Fsp3) is 0.500. The maximum Gasteiger partial charge on any atom is 0.0302 e. The molecule has 0 aliphatic heterocycles. The van der Waals surface area contributed by atoms with Crippen molar-refractivity contribution >= 4 is 43.6 Å². The van der Waals surface area contributed by atoms with Gasteiger partial charge in [-0.2, -0.15) is 11.8 Å². The molecule has 0 aliphatic rings. The van der Waals surface area contributed by atoms with Gasteiger partial charge < -0.3 is 5.32 Å². The zero-order chi connectivity index (χ0) is 12.0. The fourth-order valence-corrected chi connectivity index (χ4v) is 3.32. The molecule has 4 heteroatoms. The normalized spacial score (nSPS) is 12.8. The van der Waals surface area contributed by atoms with Crippen molar-refractivity contribution in [1.82, 2.24) is 5.32 Å². The van der Waals surface area contributed by atoms with Crippen molar-refractivity contribution in [2.24, 2.45) is 0 Å². The Hall–Kier alpha value is 0.490. The third-order valence-corrected chi connectivity index (χ3v) is 4.28. The number of hydrogen-bond donors (Lipinski definition) is 1. The minimum atomic E-state index is 0.393. The van der Waals surface area contributed by atoms with Crippen LogP contribution in [0.15, 0.2) is 27.1 Å². The van der Waals surface area contributed by atoms with Gasteiger partial charge in [-0.25, -0.2) is 0 Å². The van der Waals surface area contributed by atoms with E-state index in [0.29, 0.717) is 6.04 Å². The number of benzene rings is 1. The molecule has 1 rings (SSSR count). The number of rotatable bonds is 6. The summed E-state index contributed by atoms with van der Waals surface area (Å²) in [6, 6.07) is 6.72. The molecular weight excluding hydrogens is 350 g/mol. The summed E-state index contributed by atoms with van der Waals surface area (Å²) >= 11 is 8.96. The van der Waals surface area contributed by atoms with E-state index < -0.39 is 0 Å². The van der Waals surface area contributed by atoms with E-state index in [-0.39, 0.29) is 0 Å². The second-order valence-electron chi connectivity index (χ2n) is 3.69. The molecule has 0 radical (unpaired) electrons. The molecule has 1 aromatic rings. The Kier molecular flexibility index (Phi) is 7.04. The first-order valence-corrected chi connectivity index (χ1v) is 8.30. The molecule has 0 amide bonds. The van der Waals surface area contributed by atoms with Gasteiger partial charge in [-0.1, -0.05) is 37.9 Å². The zero-order valence-electron chi connectivity index (χ0n) is 9.59. The molecular formula is C12H17Br2NS. The van der Waals surface area contributed by atoms with E-state index in [1.54, 1.807) is 0 Å². The fourth-order valence-electron chi connectivity index (χ4n) is 1.50. The molecule has 0 saturated heterocycles. The van der Waals surface area contributed by atoms with Gasteiger partial charge in [0.25, 0.3) is 0 Å². The van der Waals surface area contributed by atoms with Crippen LogP contribution >= 0.6 is 43.6 Å². The van der Waals surface area contributed by atoms with Gasteiger partial charge in [0, 0.05) is 15.0 Å². The standard InChI is InChI=1S/C12H17Br2NS/c1-9(15-6-3-7-16-2)11-5-4-10(13)8-12(11)14/h4-5,8-9,15H,3,6-7H2,1-2H3. The monoisotopic (exact) mass is 365 g/mol. The van der Waals surface area contributed by atoms with Gasteiger partial charge in [0.2, 0.25) is 0 Å². The van der Waals surface area contributed by atoms with E-state index in [4.69, 9.17) is 0 Å². The number of halogens is 2. The molecule has 1 unspecified atom stereocenters. The highest BCUT2D eigenvalue weighted by molar-refractivity contribution is 9.11. The van der Waals surface area contributed by atoms with Crippen LogP contribution in [0.1, 0.15) is 24.9 Å². The second kappa shape index (κ2) is 7.75. The zero-order valence-corrected chi connectivity index (χ0v) is 13.6. The minimum absolute atomic E-state index is 0.393. The molecule has 0 spiro atoms. The molecule has 16 heavy (non-hydrogen) atoms. The van der Waals surface area contributed by atoms with Crippen LogP contribution in [0.3, 0.4) is 0 Å². The van der Waals surface area contributed by atoms with Gasteiger partial charge >= 0.3 is 0 Å². The molecule has 1 nitrogen and oxygen atoms in total. The summed E-state index contributed by atoms with van der Waals surface area (Å²) in [5.41, 5.74) is 1.31. The summed E-state index contributed by atoms with van der Waals surface area (Å²) in [6.07, 6.45) is 3.37.